The van der Waals surface area contributed by atoms with Crippen molar-refractivity contribution in [2.75, 3.05) is 4.72 Å². The largest absolute Gasteiger partial charge is 0.344 e. The van der Waals surface area contributed by atoms with Gasteiger partial charge in [-0.1, -0.05) is 24.3 Å². The minimum Gasteiger partial charge on any atom is -0.344 e. The van der Waals surface area contributed by atoms with Gasteiger partial charge in [-0.25, -0.2) is 14.4 Å². The summed E-state index contributed by atoms with van der Waals surface area (Å²) < 4.78 is 19.0. The summed E-state index contributed by atoms with van der Waals surface area (Å²) in [4.78, 5) is 9.19. The van der Waals surface area contributed by atoms with Crippen LogP contribution in [0, 0.1) is 5.82 Å². The summed E-state index contributed by atoms with van der Waals surface area (Å²) in [5, 5.41) is 3.21. The van der Waals surface area contributed by atoms with Gasteiger partial charge in [0.05, 0.1) is 0 Å². The fourth-order valence-corrected chi connectivity index (χ4v) is 4.25. The number of aryl methyl sites for hydroxylation is 1. The highest BCUT2D eigenvalue weighted by molar-refractivity contribution is 8.00. The average Bonchev–Trinajstić information content (AvgIpc) is 3.07. The molecule has 0 unspecified atom stereocenters. The van der Waals surface area contributed by atoms with Crippen LogP contribution in [0.25, 0.3) is 32.9 Å². The van der Waals surface area contributed by atoms with E-state index in [4.69, 9.17) is 0 Å². The Bertz CT molecular complexity index is 1330. The van der Waals surface area contributed by atoms with E-state index in [1.165, 1.54) is 24.3 Å². The van der Waals surface area contributed by atoms with Gasteiger partial charge in [0.1, 0.15) is 18.0 Å². The second-order valence-electron chi connectivity index (χ2n) is 6.78. The summed E-state index contributed by atoms with van der Waals surface area (Å²) in [6, 6.07) is 21.4. The van der Waals surface area contributed by atoms with Crippen molar-refractivity contribution in [3.63, 3.8) is 0 Å². The standard InChI is InChI=1S/C23H17FN4S/c1-28-21-8-5-17(24)11-16(21)13-22(28)20-4-2-3-15-12-18(6-7-19(15)20)29-27-23-9-10-25-14-26-23/h2-14H,1H3,(H,25,26,27). The molecule has 0 saturated carbocycles. The molecule has 29 heavy (non-hydrogen) atoms. The van der Waals surface area contributed by atoms with Crippen LogP contribution in [0.3, 0.4) is 0 Å². The zero-order valence-electron chi connectivity index (χ0n) is 15.6. The Morgan fingerprint density at radius 2 is 1.90 bits per heavy atom. The van der Waals surface area contributed by atoms with Gasteiger partial charge in [-0.05, 0) is 65.2 Å². The van der Waals surface area contributed by atoms with E-state index in [-0.39, 0.29) is 5.82 Å². The van der Waals surface area contributed by atoms with Gasteiger partial charge in [0, 0.05) is 40.3 Å². The van der Waals surface area contributed by atoms with E-state index in [1.807, 2.05) is 25.2 Å². The molecular weight excluding hydrogens is 383 g/mol. The summed E-state index contributed by atoms with van der Waals surface area (Å²) in [6.07, 6.45) is 3.23. The van der Waals surface area contributed by atoms with Crippen molar-refractivity contribution in [2.45, 2.75) is 4.90 Å². The number of nitrogens with one attached hydrogen (secondary N) is 1. The smallest absolute Gasteiger partial charge is 0.139 e. The molecule has 0 radical (unpaired) electrons. The van der Waals surface area contributed by atoms with E-state index < -0.39 is 0 Å². The SMILES string of the molecule is Cn1c(-c2cccc3cc(SNc4ccncn4)ccc23)cc2cc(F)ccc21. The highest BCUT2D eigenvalue weighted by Gasteiger charge is 2.12. The first-order valence-corrected chi connectivity index (χ1v) is 9.98. The maximum Gasteiger partial charge on any atom is 0.139 e. The number of anilines is 1. The summed E-state index contributed by atoms with van der Waals surface area (Å²) >= 11 is 1.51. The first-order chi connectivity index (χ1) is 14.2. The van der Waals surface area contributed by atoms with Crippen molar-refractivity contribution in [3.8, 4) is 11.3 Å². The molecule has 4 nitrogen and oxygen atoms in total. The fourth-order valence-electron chi connectivity index (χ4n) is 3.59. The highest BCUT2D eigenvalue weighted by Crippen LogP contribution is 2.34. The normalized spacial score (nSPS) is 11.2. The molecule has 3 aromatic carbocycles. The van der Waals surface area contributed by atoms with Crippen molar-refractivity contribution in [3.05, 3.63) is 85.1 Å². The Hall–Kier alpha value is -3.38. The number of hydrogen-bond donors (Lipinski definition) is 1. The molecule has 0 bridgehead atoms. The topological polar surface area (TPSA) is 42.7 Å². The van der Waals surface area contributed by atoms with E-state index >= 15 is 0 Å². The maximum absolute atomic E-state index is 13.6. The zero-order valence-corrected chi connectivity index (χ0v) is 16.4. The molecular formula is C23H17FN4S. The van der Waals surface area contributed by atoms with Gasteiger partial charge in [-0.2, -0.15) is 0 Å². The number of fused-ring (bicyclic) bond motifs is 2. The van der Waals surface area contributed by atoms with Gasteiger partial charge in [-0.15, -0.1) is 0 Å². The Morgan fingerprint density at radius 1 is 0.966 bits per heavy atom. The van der Waals surface area contributed by atoms with Crippen LogP contribution < -0.4 is 4.72 Å². The number of hydrogen-bond acceptors (Lipinski definition) is 4. The Labute approximate surface area is 171 Å². The van der Waals surface area contributed by atoms with E-state index in [0.29, 0.717) is 0 Å². The number of rotatable bonds is 4. The highest BCUT2D eigenvalue weighted by atomic mass is 32.2. The second kappa shape index (κ2) is 7.22. The van der Waals surface area contributed by atoms with Gasteiger partial charge in [0.15, 0.2) is 0 Å². The van der Waals surface area contributed by atoms with Crippen LogP contribution in [0.2, 0.25) is 0 Å². The molecule has 0 saturated heterocycles. The molecule has 0 atom stereocenters. The molecule has 0 amide bonds. The molecule has 5 aromatic rings. The molecule has 2 heterocycles. The van der Waals surface area contributed by atoms with Gasteiger partial charge in [0.25, 0.3) is 0 Å². The molecule has 1 N–H and O–H groups in total. The minimum absolute atomic E-state index is 0.217. The van der Waals surface area contributed by atoms with Crippen LogP contribution in [-0.4, -0.2) is 14.5 Å². The van der Waals surface area contributed by atoms with Gasteiger partial charge in [0.2, 0.25) is 0 Å². The lowest BCUT2D eigenvalue weighted by atomic mass is 10.0. The van der Waals surface area contributed by atoms with Crippen molar-refractivity contribution in [1.29, 1.82) is 0 Å². The summed E-state index contributed by atoms with van der Waals surface area (Å²) in [5.41, 5.74) is 3.21. The molecule has 0 aliphatic heterocycles. The Morgan fingerprint density at radius 3 is 2.76 bits per heavy atom. The van der Waals surface area contributed by atoms with E-state index in [9.17, 15) is 4.39 Å². The third kappa shape index (κ3) is 3.32. The predicted molar refractivity (Wildman–Crippen MR) is 117 cm³/mol. The summed E-state index contributed by atoms with van der Waals surface area (Å²) in [7, 11) is 2.02. The predicted octanol–water partition coefficient (Wildman–Crippen LogP) is 6.05. The second-order valence-corrected chi connectivity index (χ2v) is 7.66. The van der Waals surface area contributed by atoms with Crippen LogP contribution in [0.1, 0.15) is 0 Å². The van der Waals surface area contributed by atoms with Crippen LogP contribution in [-0.2, 0) is 7.05 Å². The van der Waals surface area contributed by atoms with Gasteiger partial charge < -0.3 is 9.29 Å². The van der Waals surface area contributed by atoms with Crippen LogP contribution in [0.4, 0.5) is 10.2 Å². The molecule has 0 aliphatic rings. The Kier molecular flexibility index (Phi) is 4.41. The quantitative estimate of drug-likeness (QED) is 0.373. The van der Waals surface area contributed by atoms with E-state index in [2.05, 4.69) is 55.7 Å². The van der Waals surface area contributed by atoms with Gasteiger partial charge in [-0.3, -0.25) is 0 Å². The third-order valence-corrected chi connectivity index (χ3v) is 5.79. The minimum atomic E-state index is -0.217. The number of aromatic nitrogens is 3. The molecule has 5 rings (SSSR count). The molecule has 142 valence electrons. The van der Waals surface area contributed by atoms with Crippen LogP contribution >= 0.6 is 11.9 Å². The number of halogens is 1. The molecule has 0 fully saturated rings. The summed E-state index contributed by atoms with van der Waals surface area (Å²) in [6.45, 7) is 0. The Balaban J connectivity index is 1.53. The first kappa shape index (κ1) is 17.7. The van der Waals surface area contributed by atoms with E-state index in [1.54, 1.807) is 12.3 Å². The lowest BCUT2D eigenvalue weighted by Crippen LogP contribution is -1.93. The summed E-state index contributed by atoms with van der Waals surface area (Å²) in [5.74, 6) is 0.548. The molecule has 0 aliphatic carbocycles. The van der Waals surface area contributed by atoms with Crippen molar-refractivity contribution < 1.29 is 4.39 Å². The number of nitrogens with zero attached hydrogens (tertiary/aromatic N) is 3. The number of benzene rings is 3. The lowest BCUT2D eigenvalue weighted by Gasteiger charge is -2.10. The van der Waals surface area contributed by atoms with Crippen molar-refractivity contribution in [1.82, 2.24) is 14.5 Å². The molecule has 0 spiro atoms. The van der Waals surface area contributed by atoms with Gasteiger partial charge >= 0.3 is 0 Å². The zero-order chi connectivity index (χ0) is 19.8. The van der Waals surface area contributed by atoms with E-state index in [0.717, 1.165) is 43.6 Å². The monoisotopic (exact) mass is 400 g/mol. The lowest BCUT2D eigenvalue weighted by molar-refractivity contribution is 0.629. The van der Waals surface area contributed by atoms with Crippen molar-refractivity contribution >= 4 is 39.4 Å². The fraction of sp³-hybridized carbons (Fsp3) is 0.0435. The molecule has 2 aromatic heterocycles. The van der Waals surface area contributed by atoms with Crippen LogP contribution in [0.5, 0.6) is 0 Å². The first-order valence-electron chi connectivity index (χ1n) is 9.16. The third-order valence-electron chi connectivity index (χ3n) is 4.99. The van der Waals surface area contributed by atoms with Crippen molar-refractivity contribution in [2.24, 2.45) is 7.05 Å². The van der Waals surface area contributed by atoms with Crippen LogP contribution in [0.15, 0.2) is 84.1 Å². The maximum atomic E-state index is 13.6. The molecule has 6 heteroatoms. The average molecular weight is 400 g/mol.